The summed E-state index contributed by atoms with van der Waals surface area (Å²) in [5.41, 5.74) is -2.35. The number of nitrogens with zero attached hydrogens (tertiary/aromatic N) is 3. The van der Waals surface area contributed by atoms with Crippen LogP contribution in [0, 0.1) is 11.3 Å². The first kappa shape index (κ1) is 27.0. The molecule has 2 aromatic heterocycles. The second kappa shape index (κ2) is 11.3. The highest BCUT2D eigenvalue weighted by Crippen LogP contribution is 2.32. The molecular formula is C28H27N3O9. The summed E-state index contributed by atoms with van der Waals surface area (Å²) in [6.45, 7) is 1.57. The minimum atomic E-state index is -2.53. The molecule has 5 rings (SSSR count). The molecule has 0 unspecified atom stereocenters. The van der Waals surface area contributed by atoms with Crippen molar-refractivity contribution in [3.63, 3.8) is 0 Å². The Morgan fingerprint density at radius 1 is 1.05 bits per heavy atom. The number of furan rings is 1. The Morgan fingerprint density at radius 3 is 2.55 bits per heavy atom. The third-order valence-electron chi connectivity index (χ3n) is 7.25. The normalized spacial score (nSPS) is 14.4. The largest absolute Gasteiger partial charge is 0.493 e. The van der Waals surface area contributed by atoms with E-state index < -0.39 is 41.5 Å². The molecule has 4 aromatic rings. The maximum atomic E-state index is 13.1. The van der Waals surface area contributed by atoms with Gasteiger partial charge in [0, 0.05) is 31.6 Å². The van der Waals surface area contributed by atoms with Crippen LogP contribution in [-0.4, -0.2) is 62.7 Å². The summed E-state index contributed by atoms with van der Waals surface area (Å²) in [5.74, 6) is -3.42. The van der Waals surface area contributed by atoms with Crippen molar-refractivity contribution in [1.82, 2.24) is 15.0 Å². The van der Waals surface area contributed by atoms with E-state index in [0.717, 1.165) is 17.5 Å². The van der Waals surface area contributed by atoms with Crippen LogP contribution in [0.4, 0.5) is 0 Å². The first-order valence-electron chi connectivity index (χ1n) is 12.8. The highest BCUT2D eigenvalue weighted by atomic mass is 16.5. The Balaban J connectivity index is 1.33. The number of carboxylic acids is 2. The third kappa shape index (κ3) is 5.43. The molecule has 3 heterocycles. The molecule has 1 aliphatic rings. The number of aromatic nitrogens is 3. The number of hydrogen-bond acceptors (Lipinski definition) is 9. The van der Waals surface area contributed by atoms with Crippen LogP contribution in [0.3, 0.4) is 0 Å². The van der Waals surface area contributed by atoms with Crippen LogP contribution in [0.15, 0.2) is 57.7 Å². The van der Waals surface area contributed by atoms with Crippen molar-refractivity contribution in [2.75, 3.05) is 19.8 Å². The lowest BCUT2D eigenvalue weighted by atomic mass is 9.79. The average molecular weight is 550 g/mol. The fourth-order valence-electron chi connectivity index (χ4n) is 4.75. The number of rotatable bonds is 11. The zero-order valence-corrected chi connectivity index (χ0v) is 21.4. The predicted molar refractivity (Wildman–Crippen MR) is 140 cm³/mol. The van der Waals surface area contributed by atoms with Crippen LogP contribution in [0.5, 0.6) is 5.75 Å². The van der Waals surface area contributed by atoms with Crippen LogP contribution in [0.2, 0.25) is 0 Å². The second-order valence-corrected chi connectivity index (χ2v) is 9.85. The van der Waals surface area contributed by atoms with Crippen LogP contribution >= 0.6 is 0 Å². The van der Waals surface area contributed by atoms with Crippen LogP contribution in [-0.2, 0) is 20.9 Å². The number of carboxylic acid groups (broad SMARTS) is 2. The fraction of sp³-hybridized carbons (Fsp3) is 0.357. The molecule has 0 saturated carbocycles. The first-order chi connectivity index (χ1) is 19.3. The van der Waals surface area contributed by atoms with Gasteiger partial charge in [-0.05, 0) is 61.6 Å². The van der Waals surface area contributed by atoms with E-state index in [4.69, 9.17) is 13.9 Å². The molecule has 0 radical (unpaired) electrons. The molecule has 0 spiro atoms. The lowest BCUT2D eigenvalue weighted by Gasteiger charge is -2.23. The van der Waals surface area contributed by atoms with E-state index in [9.17, 15) is 29.4 Å². The van der Waals surface area contributed by atoms with Gasteiger partial charge in [-0.1, -0.05) is 17.3 Å². The number of carbonyl (C=O) groups excluding carboxylic acids is 1. The van der Waals surface area contributed by atoms with Gasteiger partial charge in [-0.3, -0.25) is 19.2 Å². The minimum Gasteiger partial charge on any atom is -0.493 e. The Morgan fingerprint density at radius 2 is 1.80 bits per heavy atom. The van der Waals surface area contributed by atoms with E-state index in [-0.39, 0.29) is 17.7 Å². The molecule has 1 saturated heterocycles. The topological polar surface area (TPSA) is 171 Å². The minimum absolute atomic E-state index is 0.175. The maximum absolute atomic E-state index is 13.1. The van der Waals surface area contributed by atoms with E-state index in [1.807, 2.05) is 0 Å². The van der Waals surface area contributed by atoms with Gasteiger partial charge in [0.1, 0.15) is 16.8 Å². The molecule has 208 valence electrons. The summed E-state index contributed by atoms with van der Waals surface area (Å²) in [7, 11) is 0. The van der Waals surface area contributed by atoms with Gasteiger partial charge in [0.25, 0.3) is 5.56 Å². The molecule has 40 heavy (non-hydrogen) atoms. The number of ketones is 1. The molecule has 2 aromatic carbocycles. The van der Waals surface area contributed by atoms with E-state index in [0.29, 0.717) is 48.0 Å². The fourth-order valence-corrected chi connectivity index (χ4v) is 4.75. The molecule has 0 amide bonds. The number of carbonyl (C=O) groups is 3. The van der Waals surface area contributed by atoms with E-state index in [1.54, 1.807) is 36.4 Å². The van der Waals surface area contributed by atoms with Gasteiger partial charge in [0.2, 0.25) is 0 Å². The zero-order chi connectivity index (χ0) is 28.3. The summed E-state index contributed by atoms with van der Waals surface area (Å²) in [6, 6.07) is 13.0. The third-order valence-corrected chi connectivity index (χ3v) is 7.25. The predicted octanol–water partition coefficient (Wildman–Crippen LogP) is 3.16. The monoisotopic (exact) mass is 549 g/mol. The summed E-state index contributed by atoms with van der Waals surface area (Å²) in [4.78, 5) is 50.4. The first-order valence-corrected chi connectivity index (χ1v) is 12.8. The van der Waals surface area contributed by atoms with Crippen molar-refractivity contribution < 1.29 is 38.5 Å². The molecular weight excluding hydrogens is 522 g/mol. The molecule has 0 aliphatic carbocycles. The number of ether oxygens (including phenoxy) is 2. The Bertz CT molecular complexity index is 1620. The summed E-state index contributed by atoms with van der Waals surface area (Å²) >= 11 is 0. The van der Waals surface area contributed by atoms with Crippen LogP contribution < -0.4 is 10.3 Å². The van der Waals surface area contributed by atoms with Crippen molar-refractivity contribution in [3.8, 4) is 5.75 Å². The van der Waals surface area contributed by atoms with Crippen LogP contribution in [0.25, 0.3) is 21.9 Å². The van der Waals surface area contributed by atoms with Crippen molar-refractivity contribution in [2.24, 2.45) is 11.3 Å². The van der Waals surface area contributed by atoms with Crippen molar-refractivity contribution in [2.45, 2.75) is 32.2 Å². The van der Waals surface area contributed by atoms with E-state index >= 15 is 0 Å². The summed E-state index contributed by atoms with van der Waals surface area (Å²) < 4.78 is 17.8. The number of fused-ring (bicyclic) bond motifs is 2. The van der Waals surface area contributed by atoms with Gasteiger partial charge in [-0.15, -0.1) is 5.10 Å². The highest BCUT2D eigenvalue weighted by molar-refractivity contribution is 6.06. The van der Waals surface area contributed by atoms with Gasteiger partial charge in [-0.2, -0.15) is 0 Å². The Kier molecular flexibility index (Phi) is 7.60. The number of aryl methyl sites for hydroxylation is 1. The zero-order valence-electron chi connectivity index (χ0n) is 21.4. The molecule has 0 bridgehead atoms. The van der Waals surface area contributed by atoms with Crippen molar-refractivity contribution in [3.05, 3.63) is 64.6 Å². The second-order valence-electron chi connectivity index (χ2n) is 9.85. The molecule has 12 nitrogen and oxygen atoms in total. The Labute approximate surface area is 227 Å². The molecule has 2 N–H and O–H groups in total. The smallest absolute Gasteiger partial charge is 0.321 e. The van der Waals surface area contributed by atoms with E-state index in [2.05, 4.69) is 10.3 Å². The summed E-state index contributed by atoms with van der Waals surface area (Å²) in [5, 5.41) is 28.4. The lowest BCUT2D eigenvalue weighted by Crippen LogP contribution is -2.43. The van der Waals surface area contributed by atoms with Gasteiger partial charge in [0.05, 0.1) is 12.0 Å². The summed E-state index contributed by atoms with van der Waals surface area (Å²) in [6.07, 6.45) is 0.369. The van der Waals surface area contributed by atoms with Gasteiger partial charge >= 0.3 is 11.9 Å². The lowest BCUT2D eigenvalue weighted by molar-refractivity contribution is -0.165. The SMILES string of the molecule is O=C(CC(CCn1nnc2ccccc2c1=O)(C(=O)O)C(=O)O)c1cc2cc(OCC3CCOCC3)ccc2o1. The van der Waals surface area contributed by atoms with E-state index in [1.165, 1.54) is 12.1 Å². The number of hydrogen-bond donors (Lipinski definition) is 2. The Hall–Kier alpha value is -4.58. The van der Waals surface area contributed by atoms with Gasteiger partial charge < -0.3 is 24.1 Å². The molecule has 12 heteroatoms. The standard InChI is InChI=1S/C28H27N3O9/c32-22(24-14-18-13-19(5-6-23(18)40-24)39-16-17-7-11-38-12-8-17)15-28(26(34)35,27(36)37)9-10-31-25(33)20-3-1-2-4-21(20)29-30-31/h1-6,13-14,17H,7-12,15-16H2,(H,34,35)(H,36,37). The van der Waals surface area contributed by atoms with Gasteiger partial charge in [-0.25, -0.2) is 4.68 Å². The number of benzene rings is 2. The van der Waals surface area contributed by atoms with Gasteiger partial charge in [0.15, 0.2) is 17.0 Å². The molecule has 0 atom stereocenters. The number of aliphatic carboxylic acids is 2. The highest BCUT2D eigenvalue weighted by Gasteiger charge is 2.48. The van der Waals surface area contributed by atoms with Crippen molar-refractivity contribution >= 4 is 39.6 Å². The van der Waals surface area contributed by atoms with Crippen molar-refractivity contribution in [1.29, 1.82) is 0 Å². The van der Waals surface area contributed by atoms with Crippen LogP contribution in [0.1, 0.15) is 36.2 Å². The molecule has 1 aliphatic heterocycles. The maximum Gasteiger partial charge on any atom is 0.321 e. The molecule has 1 fully saturated rings. The average Bonchev–Trinajstić information content (AvgIpc) is 3.39. The quantitative estimate of drug-likeness (QED) is 0.208. The number of Topliss-reactive ketones (excluding diaryl/α,β-unsaturated/α-hetero) is 1.